The topological polar surface area (TPSA) is 55.0 Å². The smallest absolute Gasteiger partial charge is 0.176 e. The molecule has 2 rings (SSSR count). The lowest BCUT2D eigenvalue weighted by atomic mass is 10.2. The van der Waals surface area contributed by atoms with Crippen LogP contribution in [0.4, 0.5) is 0 Å². The van der Waals surface area contributed by atoms with Gasteiger partial charge in [0, 0.05) is 13.1 Å². The summed E-state index contributed by atoms with van der Waals surface area (Å²) in [5.74, 6) is 0.712. The van der Waals surface area contributed by atoms with Crippen LogP contribution in [0.15, 0.2) is 18.3 Å². The summed E-state index contributed by atoms with van der Waals surface area (Å²) in [6.45, 7) is 1.51. The standard InChI is InChI=1S/C10H10N2O2/c1-6(13)8-5-7-9(14-2)3-4-11-10(7)12-8/h3-5H,1-2H3,(H,11,12). The molecule has 14 heavy (non-hydrogen) atoms. The van der Waals surface area contributed by atoms with Crippen LogP contribution in [0.1, 0.15) is 17.4 Å². The minimum atomic E-state index is -0.00921. The molecule has 4 nitrogen and oxygen atoms in total. The lowest BCUT2D eigenvalue weighted by molar-refractivity contribution is 0.101. The zero-order valence-corrected chi connectivity index (χ0v) is 8.00. The maximum Gasteiger partial charge on any atom is 0.176 e. The van der Waals surface area contributed by atoms with Crippen molar-refractivity contribution in [3.63, 3.8) is 0 Å². The van der Waals surface area contributed by atoms with Crippen LogP contribution in [-0.4, -0.2) is 22.9 Å². The molecule has 0 fully saturated rings. The average molecular weight is 190 g/mol. The van der Waals surface area contributed by atoms with Crippen LogP contribution in [0.25, 0.3) is 11.0 Å². The van der Waals surface area contributed by atoms with Crippen molar-refractivity contribution in [2.24, 2.45) is 0 Å². The minimum Gasteiger partial charge on any atom is -0.496 e. The molecule has 0 aromatic carbocycles. The van der Waals surface area contributed by atoms with E-state index in [0.29, 0.717) is 11.3 Å². The zero-order valence-electron chi connectivity index (χ0n) is 8.00. The van der Waals surface area contributed by atoms with E-state index < -0.39 is 0 Å². The number of ether oxygens (including phenoxy) is 1. The molecule has 0 atom stereocenters. The van der Waals surface area contributed by atoms with E-state index in [1.165, 1.54) is 6.92 Å². The van der Waals surface area contributed by atoms with Crippen molar-refractivity contribution in [3.8, 4) is 5.75 Å². The van der Waals surface area contributed by atoms with Crippen LogP contribution >= 0.6 is 0 Å². The van der Waals surface area contributed by atoms with E-state index in [0.717, 1.165) is 11.1 Å². The second kappa shape index (κ2) is 3.14. The molecule has 0 aliphatic rings. The highest BCUT2D eigenvalue weighted by Crippen LogP contribution is 2.24. The highest BCUT2D eigenvalue weighted by molar-refractivity contribution is 5.98. The summed E-state index contributed by atoms with van der Waals surface area (Å²) >= 11 is 0. The van der Waals surface area contributed by atoms with Crippen LogP contribution in [0.3, 0.4) is 0 Å². The Bertz CT molecular complexity index is 488. The number of carbonyl (C=O) groups excluding carboxylic acids is 1. The first kappa shape index (κ1) is 8.74. The highest BCUT2D eigenvalue weighted by atomic mass is 16.5. The van der Waals surface area contributed by atoms with Gasteiger partial charge in [-0.25, -0.2) is 4.98 Å². The molecule has 4 heteroatoms. The van der Waals surface area contributed by atoms with Crippen LogP contribution in [0.2, 0.25) is 0 Å². The Morgan fingerprint density at radius 1 is 1.57 bits per heavy atom. The monoisotopic (exact) mass is 190 g/mol. The van der Waals surface area contributed by atoms with Crippen molar-refractivity contribution < 1.29 is 9.53 Å². The minimum absolute atomic E-state index is 0.00921. The van der Waals surface area contributed by atoms with Gasteiger partial charge in [-0.2, -0.15) is 0 Å². The van der Waals surface area contributed by atoms with Crippen molar-refractivity contribution in [1.82, 2.24) is 9.97 Å². The molecule has 2 aromatic rings. The van der Waals surface area contributed by atoms with Crippen LogP contribution in [0.5, 0.6) is 5.75 Å². The Morgan fingerprint density at radius 3 is 3.00 bits per heavy atom. The number of rotatable bonds is 2. The van der Waals surface area contributed by atoms with Gasteiger partial charge in [0.05, 0.1) is 18.2 Å². The molecule has 0 spiro atoms. The van der Waals surface area contributed by atoms with Gasteiger partial charge in [0.2, 0.25) is 0 Å². The molecule has 0 amide bonds. The SMILES string of the molecule is COc1ccnc2[nH]c(C(C)=O)cc12. The zero-order chi connectivity index (χ0) is 10.1. The Hall–Kier alpha value is -1.84. The molecule has 0 radical (unpaired) electrons. The number of ketones is 1. The third-order valence-corrected chi connectivity index (χ3v) is 2.09. The van der Waals surface area contributed by atoms with Gasteiger partial charge < -0.3 is 9.72 Å². The molecule has 1 N–H and O–H groups in total. The molecular formula is C10H10N2O2. The lowest BCUT2D eigenvalue weighted by Crippen LogP contribution is -1.90. The third-order valence-electron chi connectivity index (χ3n) is 2.09. The van der Waals surface area contributed by atoms with Gasteiger partial charge in [-0.1, -0.05) is 0 Å². The fourth-order valence-corrected chi connectivity index (χ4v) is 1.37. The molecule has 2 heterocycles. The van der Waals surface area contributed by atoms with E-state index in [-0.39, 0.29) is 5.78 Å². The first-order valence-electron chi connectivity index (χ1n) is 4.25. The molecule has 72 valence electrons. The number of nitrogens with zero attached hydrogens (tertiary/aromatic N) is 1. The van der Waals surface area contributed by atoms with E-state index in [1.807, 2.05) is 0 Å². The van der Waals surface area contributed by atoms with Crippen LogP contribution in [-0.2, 0) is 0 Å². The summed E-state index contributed by atoms with van der Waals surface area (Å²) < 4.78 is 5.15. The van der Waals surface area contributed by atoms with Crippen LogP contribution < -0.4 is 4.74 Å². The molecule has 0 aliphatic carbocycles. The van der Waals surface area contributed by atoms with Crippen molar-refractivity contribution in [1.29, 1.82) is 0 Å². The molecule has 0 saturated carbocycles. The number of carbonyl (C=O) groups is 1. The van der Waals surface area contributed by atoms with Crippen molar-refractivity contribution in [2.45, 2.75) is 6.92 Å². The summed E-state index contributed by atoms with van der Waals surface area (Å²) in [7, 11) is 1.59. The number of nitrogens with one attached hydrogen (secondary N) is 1. The molecule has 0 bridgehead atoms. The number of Topliss-reactive ketones (excluding diaryl/α,β-unsaturated/α-hetero) is 1. The van der Waals surface area contributed by atoms with Gasteiger partial charge >= 0.3 is 0 Å². The first-order chi connectivity index (χ1) is 6.72. The number of aromatic nitrogens is 2. The highest BCUT2D eigenvalue weighted by Gasteiger charge is 2.08. The number of hydrogen-bond donors (Lipinski definition) is 1. The molecule has 2 aromatic heterocycles. The van der Waals surface area contributed by atoms with Gasteiger partial charge in [0.1, 0.15) is 11.4 Å². The van der Waals surface area contributed by atoms with Gasteiger partial charge in [-0.3, -0.25) is 4.79 Å². The largest absolute Gasteiger partial charge is 0.496 e. The summed E-state index contributed by atoms with van der Waals surface area (Å²) in [5, 5.41) is 0.834. The number of hydrogen-bond acceptors (Lipinski definition) is 3. The van der Waals surface area contributed by atoms with Gasteiger partial charge in [0.25, 0.3) is 0 Å². The van der Waals surface area contributed by atoms with Gasteiger partial charge in [-0.15, -0.1) is 0 Å². The Labute approximate surface area is 80.9 Å². The summed E-state index contributed by atoms with van der Waals surface area (Å²) in [4.78, 5) is 18.1. The number of H-pyrrole nitrogens is 1. The normalized spacial score (nSPS) is 10.4. The Morgan fingerprint density at radius 2 is 2.36 bits per heavy atom. The number of aromatic amines is 1. The summed E-state index contributed by atoms with van der Waals surface area (Å²) in [6.07, 6.45) is 1.64. The number of pyridine rings is 1. The second-order valence-electron chi connectivity index (χ2n) is 3.01. The van der Waals surface area contributed by atoms with E-state index >= 15 is 0 Å². The second-order valence-corrected chi connectivity index (χ2v) is 3.01. The van der Waals surface area contributed by atoms with Gasteiger partial charge in [-0.05, 0) is 12.1 Å². The quantitative estimate of drug-likeness (QED) is 0.734. The summed E-state index contributed by atoms with van der Waals surface area (Å²) in [5.41, 5.74) is 1.23. The predicted molar refractivity (Wildman–Crippen MR) is 52.7 cm³/mol. The number of methoxy groups -OCH3 is 1. The van der Waals surface area contributed by atoms with E-state index in [4.69, 9.17) is 4.74 Å². The van der Waals surface area contributed by atoms with E-state index in [1.54, 1.807) is 25.4 Å². The fourth-order valence-electron chi connectivity index (χ4n) is 1.37. The number of fused-ring (bicyclic) bond motifs is 1. The fraction of sp³-hybridized carbons (Fsp3) is 0.200. The Kier molecular flexibility index (Phi) is 1.96. The summed E-state index contributed by atoms with van der Waals surface area (Å²) in [6, 6.07) is 3.52. The molecule has 0 saturated heterocycles. The lowest BCUT2D eigenvalue weighted by Gasteiger charge is -1.98. The third kappa shape index (κ3) is 1.25. The van der Waals surface area contributed by atoms with Crippen molar-refractivity contribution in [3.05, 3.63) is 24.0 Å². The maximum absolute atomic E-state index is 11.1. The van der Waals surface area contributed by atoms with Crippen LogP contribution in [0, 0.1) is 0 Å². The van der Waals surface area contributed by atoms with Crippen molar-refractivity contribution >= 4 is 16.8 Å². The molecule has 0 aliphatic heterocycles. The molecule has 0 unspecified atom stereocenters. The predicted octanol–water partition coefficient (Wildman–Crippen LogP) is 1.77. The van der Waals surface area contributed by atoms with Crippen molar-refractivity contribution in [2.75, 3.05) is 7.11 Å². The maximum atomic E-state index is 11.1. The average Bonchev–Trinajstić information content (AvgIpc) is 2.60. The van der Waals surface area contributed by atoms with E-state index in [2.05, 4.69) is 9.97 Å². The molecular weight excluding hydrogens is 180 g/mol. The first-order valence-corrected chi connectivity index (χ1v) is 4.25. The van der Waals surface area contributed by atoms with E-state index in [9.17, 15) is 4.79 Å². The Balaban J connectivity index is 2.70. The van der Waals surface area contributed by atoms with Gasteiger partial charge in [0.15, 0.2) is 5.78 Å².